The lowest BCUT2D eigenvalue weighted by molar-refractivity contribution is -0.136. The van der Waals surface area contributed by atoms with E-state index in [2.05, 4.69) is 10.9 Å². The fourth-order valence-electron chi connectivity index (χ4n) is 4.52. The van der Waals surface area contributed by atoms with Crippen LogP contribution >= 0.6 is 0 Å². The maximum absolute atomic E-state index is 14.3. The Balaban J connectivity index is 1.38. The molecule has 1 aromatic rings. The summed E-state index contributed by atoms with van der Waals surface area (Å²) in [5.41, 5.74) is 3.62. The summed E-state index contributed by atoms with van der Waals surface area (Å²) in [7, 11) is 1.88. The lowest BCUT2D eigenvalue weighted by atomic mass is 9.90. The standard InChI is InChI=1S/C25H35FN4O4/c1-3-25(33,19-10-11-21(26)22(13-19)34-15-17-7-8-17)16-30-20(14-29(2)28-30)6-4-5-18-9-12-23(31)27-24(18)32/h10-11,13-14,17-18,28,33H,3-9,12,15-16H2,1-2H3,(H,27,31,32). The topological polar surface area (TPSA) is 94.1 Å². The monoisotopic (exact) mass is 474 g/mol. The van der Waals surface area contributed by atoms with Crippen molar-refractivity contribution in [3.8, 4) is 5.75 Å². The van der Waals surface area contributed by atoms with E-state index in [9.17, 15) is 19.1 Å². The van der Waals surface area contributed by atoms with Gasteiger partial charge in [0, 0.05) is 31.3 Å². The van der Waals surface area contributed by atoms with Gasteiger partial charge >= 0.3 is 0 Å². The van der Waals surface area contributed by atoms with Crippen LogP contribution in [0, 0.1) is 17.7 Å². The van der Waals surface area contributed by atoms with E-state index in [-0.39, 0.29) is 30.0 Å². The molecule has 9 heteroatoms. The van der Waals surface area contributed by atoms with Gasteiger partial charge < -0.3 is 9.84 Å². The molecule has 0 radical (unpaired) electrons. The van der Waals surface area contributed by atoms with Crippen LogP contribution < -0.4 is 15.6 Å². The Labute approximate surface area is 200 Å². The Kier molecular flexibility index (Phi) is 7.42. The van der Waals surface area contributed by atoms with E-state index in [0.29, 0.717) is 50.2 Å². The molecule has 1 saturated heterocycles. The smallest absolute Gasteiger partial charge is 0.229 e. The number of aliphatic hydroxyl groups is 1. The Morgan fingerprint density at radius 3 is 2.76 bits per heavy atom. The SMILES string of the molecule is CCC(O)(CN1NN(C)C=C1CCCC1CCC(=O)NC1=O)c1ccc(F)c(OCC2CC2)c1. The molecule has 2 atom stereocenters. The van der Waals surface area contributed by atoms with Crippen LogP contribution in [-0.4, -0.2) is 47.1 Å². The summed E-state index contributed by atoms with van der Waals surface area (Å²) in [5.74, 6) is -0.249. The third-order valence-corrected chi connectivity index (χ3v) is 6.95. The van der Waals surface area contributed by atoms with Gasteiger partial charge in [-0.05, 0) is 68.6 Å². The highest BCUT2D eigenvalue weighted by Crippen LogP contribution is 2.34. The average molecular weight is 475 g/mol. The zero-order valence-corrected chi connectivity index (χ0v) is 20.0. The van der Waals surface area contributed by atoms with Crippen LogP contribution in [0.1, 0.15) is 63.9 Å². The number of benzene rings is 1. The molecule has 8 nitrogen and oxygen atoms in total. The molecule has 2 unspecified atom stereocenters. The molecule has 1 saturated carbocycles. The third kappa shape index (κ3) is 5.88. The first-order valence-electron chi connectivity index (χ1n) is 12.2. The Morgan fingerprint density at radius 2 is 2.06 bits per heavy atom. The maximum atomic E-state index is 14.3. The van der Waals surface area contributed by atoms with Crippen molar-refractivity contribution >= 4 is 11.8 Å². The number of carbonyl (C=O) groups excluding carboxylic acids is 2. The second-order valence-electron chi connectivity index (χ2n) is 9.74. The number of nitrogens with one attached hydrogen (secondary N) is 2. The Morgan fingerprint density at radius 1 is 1.26 bits per heavy atom. The number of β-amino-alcohol motifs (C(OH)–C–C–N with tert-alkyl or cyclic N) is 1. The van der Waals surface area contributed by atoms with Crippen LogP contribution in [0.3, 0.4) is 0 Å². The number of hydrogen-bond donors (Lipinski definition) is 3. The third-order valence-electron chi connectivity index (χ3n) is 6.95. The Hall–Kier alpha value is -2.65. The number of hydrazine groups is 2. The second kappa shape index (κ2) is 10.3. The van der Waals surface area contributed by atoms with Gasteiger partial charge in [-0.1, -0.05) is 13.0 Å². The molecule has 3 aliphatic rings. The highest BCUT2D eigenvalue weighted by molar-refractivity contribution is 5.98. The van der Waals surface area contributed by atoms with Gasteiger partial charge in [-0.2, -0.15) is 0 Å². The average Bonchev–Trinajstić information content (AvgIpc) is 3.57. The fourth-order valence-corrected chi connectivity index (χ4v) is 4.52. The van der Waals surface area contributed by atoms with Crippen molar-refractivity contribution in [1.82, 2.24) is 20.9 Å². The molecule has 2 fully saturated rings. The van der Waals surface area contributed by atoms with Crippen molar-refractivity contribution in [1.29, 1.82) is 0 Å². The zero-order valence-electron chi connectivity index (χ0n) is 20.0. The largest absolute Gasteiger partial charge is 0.490 e. The number of piperidine rings is 1. The van der Waals surface area contributed by atoms with E-state index in [4.69, 9.17) is 4.74 Å². The number of ether oxygens (including phenoxy) is 1. The predicted molar refractivity (Wildman–Crippen MR) is 124 cm³/mol. The minimum Gasteiger partial charge on any atom is -0.490 e. The molecule has 34 heavy (non-hydrogen) atoms. The molecule has 4 rings (SSSR count). The summed E-state index contributed by atoms with van der Waals surface area (Å²) in [6.07, 6.45) is 7.83. The van der Waals surface area contributed by atoms with E-state index >= 15 is 0 Å². The van der Waals surface area contributed by atoms with Crippen molar-refractivity contribution in [3.63, 3.8) is 0 Å². The number of carbonyl (C=O) groups is 2. The molecule has 0 spiro atoms. The van der Waals surface area contributed by atoms with Gasteiger partial charge in [0.15, 0.2) is 11.6 Å². The summed E-state index contributed by atoms with van der Waals surface area (Å²) in [6.45, 7) is 2.68. The second-order valence-corrected chi connectivity index (χ2v) is 9.74. The van der Waals surface area contributed by atoms with E-state index in [1.165, 1.54) is 6.07 Å². The minimum absolute atomic E-state index is 0.139. The minimum atomic E-state index is -1.22. The van der Waals surface area contributed by atoms with E-state index in [1.807, 2.05) is 30.2 Å². The normalized spacial score (nSPS) is 22.5. The summed E-state index contributed by atoms with van der Waals surface area (Å²) < 4.78 is 20.0. The van der Waals surface area contributed by atoms with E-state index in [1.54, 1.807) is 12.1 Å². The lowest BCUT2D eigenvalue weighted by Gasteiger charge is -2.34. The molecular weight excluding hydrogens is 439 g/mol. The first-order chi connectivity index (χ1) is 16.3. The number of hydrogen-bond acceptors (Lipinski definition) is 7. The highest BCUT2D eigenvalue weighted by atomic mass is 19.1. The molecular formula is C25H35FN4O4. The number of rotatable bonds is 11. The van der Waals surface area contributed by atoms with Gasteiger partial charge in [0.05, 0.1) is 13.2 Å². The van der Waals surface area contributed by atoms with Gasteiger partial charge in [0.1, 0.15) is 5.60 Å². The first kappa shape index (κ1) is 24.5. The van der Waals surface area contributed by atoms with E-state index < -0.39 is 11.4 Å². The van der Waals surface area contributed by atoms with Gasteiger partial charge in [0.25, 0.3) is 0 Å². The quantitative estimate of drug-likeness (QED) is 0.425. The summed E-state index contributed by atoms with van der Waals surface area (Å²) in [6, 6.07) is 4.60. The number of halogens is 1. The van der Waals surface area contributed by atoms with Gasteiger partial charge in [0.2, 0.25) is 11.8 Å². The van der Waals surface area contributed by atoms with Crippen LogP contribution in [0.2, 0.25) is 0 Å². The molecule has 0 aromatic heterocycles. The van der Waals surface area contributed by atoms with Gasteiger partial charge in [-0.3, -0.25) is 24.9 Å². The summed E-state index contributed by atoms with van der Waals surface area (Å²) >= 11 is 0. The summed E-state index contributed by atoms with van der Waals surface area (Å²) in [4.78, 5) is 23.4. The first-order valence-corrected chi connectivity index (χ1v) is 12.2. The molecule has 1 aliphatic carbocycles. The maximum Gasteiger partial charge on any atom is 0.229 e. The van der Waals surface area contributed by atoms with E-state index in [0.717, 1.165) is 25.0 Å². The number of amides is 2. The van der Waals surface area contributed by atoms with Crippen molar-refractivity contribution < 1.29 is 23.8 Å². The molecule has 2 heterocycles. The predicted octanol–water partition coefficient (Wildman–Crippen LogP) is 2.94. The zero-order chi connectivity index (χ0) is 24.3. The molecule has 3 N–H and O–H groups in total. The van der Waals surface area contributed by atoms with Crippen molar-refractivity contribution in [2.75, 3.05) is 20.2 Å². The summed E-state index contributed by atoms with van der Waals surface area (Å²) in [5, 5.41) is 17.7. The molecule has 1 aromatic carbocycles. The van der Waals surface area contributed by atoms with Crippen LogP contribution in [0.5, 0.6) is 5.75 Å². The number of allylic oxidation sites excluding steroid dienone is 1. The lowest BCUT2D eigenvalue weighted by Crippen LogP contribution is -2.47. The molecule has 0 bridgehead atoms. The van der Waals surface area contributed by atoms with Crippen molar-refractivity contribution in [3.05, 3.63) is 41.5 Å². The van der Waals surface area contributed by atoms with Crippen LogP contribution in [0.4, 0.5) is 4.39 Å². The van der Waals surface area contributed by atoms with Crippen LogP contribution in [0.25, 0.3) is 0 Å². The van der Waals surface area contributed by atoms with Crippen LogP contribution in [-0.2, 0) is 15.2 Å². The van der Waals surface area contributed by atoms with Crippen molar-refractivity contribution in [2.24, 2.45) is 11.8 Å². The molecule has 186 valence electrons. The Bertz CT molecular complexity index is 951. The van der Waals surface area contributed by atoms with Crippen LogP contribution in [0.15, 0.2) is 30.1 Å². The molecule has 2 aliphatic heterocycles. The van der Waals surface area contributed by atoms with Crippen molar-refractivity contribution in [2.45, 2.75) is 63.9 Å². The van der Waals surface area contributed by atoms with Gasteiger partial charge in [-0.25, -0.2) is 4.39 Å². The number of nitrogens with zero attached hydrogens (tertiary/aromatic N) is 2. The van der Waals surface area contributed by atoms with Gasteiger partial charge in [-0.15, -0.1) is 5.53 Å². The fraction of sp³-hybridized carbons (Fsp3) is 0.600. The molecule has 2 amide bonds. The highest BCUT2D eigenvalue weighted by Gasteiger charge is 2.34. The number of imide groups is 1.